The van der Waals surface area contributed by atoms with E-state index in [1.165, 1.54) is 48.3 Å². The van der Waals surface area contributed by atoms with Gasteiger partial charge in [-0.3, -0.25) is 9.69 Å². The first kappa shape index (κ1) is 16.7. The van der Waals surface area contributed by atoms with Gasteiger partial charge in [-0.15, -0.1) is 0 Å². The molecule has 2 aromatic carbocycles. The molecule has 0 fully saturated rings. The second kappa shape index (κ2) is 6.04. The van der Waals surface area contributed by atoms with E-state index in [4.69, 9.17) is 5.73 Å². The lowest BCUT2D eigenvalue weighted by Gasteiger charge is -2.26. The van der Waals surface area contributed by atoms with Gasteiger partial charge in [0, 0.05) is 7.05 Å². The van der Waals surface area contributed by atoms with Gasteiger partial charge in [0.2, 0.25) is 0 Å². The summed E-state index contributed by atoms with van der Waals surface area (Å²) in [7, 11) is 1.49. The van der Waals surface area contributed by atoms with Gasteiger partial charge in [0.15, 0.2) is 11.5 Å². The van der Waals surface area contributed by atoms with Gasteiger partial charge in [-0.2, -0.15) is 8.78 Å². The number of amides is 1. The Morgan fingerprint density at radius 1 is 1.20 bits per heavy atom. The predicted octanol–water partition coefficient (Wildman–Crippen LogP) is 2.02. The van der Waals surface area contributed by atoms with E-state index < -0.39 is 18.1 Å². The molecule has 0 radical (unpaired) electrons. The number of ether oxygens (including phenoxy) is 1. The zero-order chi connectivity index (χ0) is 18.2. The molecule has 8 heteroatoms. The van der Waals surface area contributed by atoms with Gasteiger partial charge >= 0.3 is 6.61 Å². The average Bonchev–Trinajstić information content (AvgIpc) is 2.80. The summed E-state index contributed by atoms with van der Waals surface area (Å²) in [5.41, 5.74) is 5.15. The minimum Gasteiger partial charge on any atom is -0.508 e. The van der Waals surface area contributed by atoms with E-state index in [9.17, 15) is 18.7 Å². The van der Waals surface area contributed by atoms with Crippen molar-refractivity contribution in [1.82, 2.24) is 4.90 Å². The highest BCUT2D eigenvalue weighted by Gasteiger charge is 2.49. The topological polar surface area (TPSA) is 88.2 Å². The number of benzene rings is 2. The van der Waals surface area contributed by atoms with E-state index >= 15 is 0 Å². The first-order valence-corrected chi connectivity index (χ1v) is 7.33. The average molecular weight is 347 g/mol. The van der Waals surface area contributed by atoms with E-state index in [-0.39, 0.29) is 17.5 Å². The summed E-state index contributed by atoms with van der Waals surface area (Å²) in [5.74, 6) is -0.481. The second-order valence-electron chi connectivity index (χ2n) is 5.50. The molecular formula is C17H15F2N3O3. The molecule has 3 rings (SSSR count). The number of halogens is 2. The molecule has 1 atom stereocenters. The van der Waals surface area contributed by atoms with Crippen LogP contribution in [0.5, 0.6) is 11.5 Å². The first-order chi connectivity index (χ1) is 11.8. The number of hydrogen-bond donors (Lipinski definition) is 2. The molecule has 0 aromatic heterocycles. The molecule has 0 spiro atoms. The van der Waals surface area contributed by atoms with Crippen molar-refractivity contribution in [3.05, 3.63) is 59.7 Å². The van der Waals surface area contributed by atoms with Gasteiger partial charge < -0.3 is 15.6 Å². The molecule has 6 nitrogen and oxygen atoms in total. The number of carbonyl (C=O) groups is 1. The van der Waals surface area contributed by atoms with Crippen LogP contribution >= 0.6 is 0 Å². The maximum atomic E-state index is 12.9. The van der Waals surface area contributed by atoms with Crippen molar-refractivity contribution in [2.45, 2.75) is 12.2 Å². The Kier molecular flexibility index (Phi) is 4.03. The molecule has 1 aliphatic rings. The summed E-state index contributed by atoms with van der Waals surface area (Å²) < 4.78 is 29.0. The number of phenols is 1. The highest BCUT2D eigenvalue weighted by Crippen LogP contribution is 2.40. The standard InChI is InChI=1S/C17H15F2N3O3/c1-22-14(24)17(21-16(22)20,11-3-2-4-12(23)9-11)10-5-7-13(8-6-10)25-15(18)19/h2-9,15,23H,1H3,(H2,20,21). The maximum absolute atomic E-state index is 12.9. The summed E-state index contributed by atoms with van der Waals surface area (Å²) in [6.07, 6.45) is 0. The highest BCUT2D eigenvalue weighted by atomic mass is 19.3. The lowest BCUT2D eigenvalue weighted by Crippen LogP contribution is -2.41. The molecule has 1 amide bonds. The van der Waals surface area contributed by atoms with Crippen LogP contribution in [0.15, 0.2) is 53.5 Å². The van der Waals surface area contributed by atoms with Crippen molar-refractivity contribution in [3.8, 4) is 11.5 Å². The Balaban J connectivity index is 2.15. The summed E-state index contributed by atoms with van der Waals surface area (Å²) in [6.45, 7) is -2.95. The van der Waals surface area contributed by atoms with Gasteiger partial charge in [-0.25, -0.2) is 4.99 Å². The van der Waals surface area contributed by atoms with Crippen molar-refractivity contribution in [2.75, 3.05) is 7.05 Å². The number of aliphatic imine (C=N–C) groups is 1. The van der Waals surface area contributed by atoms with E-state index in [1.807, 2.05) is 0 Å². The van der Waals surface area contributed by atoms with Crippen molar-refractivity contribution < 1.29 is 23.4 Å². The minimum absolute atomic E-state index is 0.0150. The molecule has 1 heterocycles. The molecule has 0 aliphatic carbocycles. The van der Waals surface area contributed by atoms with Crippen LogP contribution in [0, 0.1) is 0 Å². The molecule has 3 N–H and O–H groups in total. The van der Waals surface area contributed by atoms with Crippen LogP contribution in [-0.2, 0) is 10.3 Å². The monoisotopic (exact) mass is 347 g/mol. The largest absolute Gasteiger partial charge is 0.508 e. The lowest BCUT2D eigenvalue weighted by atomic mass is 9.82. The van der Waals surface area contributed by atoms with Gasteiger partial charge in [-0.05, 0) is 35.4 Å². The quantitative estimate of drug-likeness (QED) is 0.886. The molecule has 0 bridgehead atoms. The molecule has 130 valence electrons. The van der Waals surface area contributed by atoms with Crippen LogP contribution in [0.3, 0.4) is 0 Å². The first-order valence-electron chi connectivity index (χ1n) is 7.33. The molecule has 0 saturated carbocycles. The third kappa shape index (κ3) is 2.75. The third-order valence-corrected chi connectivity index (χ3v) is 4.00. The SMILES string of the molecule is CN1C(=O)C(c2ccc(OC(F)F)cc2)(c2cccc(O)c2)N=C1N. The van der Waals surface area contributed by atoms with Crippen molar-refractivity contribution in [3.63, 3.8) is 0 Å². The van der Waals surface area contributed by atoms with Gasteiger partial charge in [0.25, 0.3) is 5.91 Å². The maximum Gasteiger partial charge on any atom is 0.387 e. The fraction of sp³-hybridized carbons (Fsp3) is 0.176. The highest BCUT2D eigenvalue weighted by molar-refractivity contribution is 6.08. The van der Waals surface area contributed by atoms with Crippen molar-refractivity contribution in [1.29, 1.82) is 0 Å². The second-order valence-corrected chi connectivity index (χ2v) is 5.50. The molecule has 1 aliphatic heterocycles. The molecular weight excluding hydrogens is 332 g/mol. The number of phenolic OH excluding ortho intramolecular Hbond substituents is 1. The number of nitrogens with two attached hydrogens (primary N) is 1. The van der Waals surface area contributed by atoms with E-state index in [0.29, 0.717) is 11.1 Å². The molecule has 2 aromatic rings. The normalized spacial score (nSPS) is 20.1. The Labute approximate surface area is 142 Å². The van der Waals surface area contributed by atoms with Crippen LogP contribution in [0.1, 0.15) is 11.1 Å². The van der Waals surface area contributed by atoms with E-state index in [1.54, 1.807) is 12.1 Å². The summed E-state index contributed by atoms with van der Waals surface area (Å²) in [5, 5.41) is 9.79. The van der Waals surface area contributed by atoms with Crippen LogP contribution < -0.4 is 10.5 Å². The number of aromatic hydroxyl groups is 1. The fourth-order valence-corrected chi connectivity index (χ4v) is 2.79. The number of alkyl halides is 2. The lowest BCUT2D eigenvalue weighted by molar-refractivity contribution is -0.129. The van der Waals surface area contributed by atoms with E-state index in [0.717, 1.165) is 0 Å². The molecule has 0 saturated heterocycles. The Morgan fingerprint density at radius 2 is 1.88 bits per heavy atom. The van der Waals surface area contributed by atoms with E-state index in [2.05, 4.69) is 9.73 Å². The fourth-order valence-electron chi connectivity index (χ4n) is 2.79. The summed E-state index contributed by atoms with van der Waals surface area (Å²) >= 11 is 0. The third-order valence-electron chi connectivity index (χ3n) is 4.00. The predicted molar refractivity (Wildman–Crippen MR) is 86.4 cm³/mol. The van der Waals surface area contributed by atoms with Crippen LogP contribution in [0.25, 0.3) is 0 Å². The Bertz CT molecular complexity index is 839. The van der Waals surface area contributed by atoms with Crippen molar-refractivity contribution >= 4 is 11.9 Å². The number of hydrogen-bond acceptors (Lipinski definition) is 5. The van der Waals surface area contributed by atoms with Gasteiger partial charge in [0.1, 0.15) is 11.5 Å². The molecule has 25 heavy (non-hydrogen) atoms. The zero-order valence-corrected chi connectivity index (χ0v) is 13.2. The van der Waals surface area contributed by atoms with Gasteiger partial charge in [-0.1, -0.05) is 24.3 Å². The number of likely N-dealkylation sites (N-methyl/N-ethyl adjacent to an activating group) is 1. The number of rotatable bonds is 4. The Hall–Kier alpha value is -3.16. The number of nitrogens with zero attached hydrogens (tertiary/aromatic N) is 2. The summed E-state index contributed by atoms with van der Waals surface area (Å²) in [6, 6.07) is 11.7. The van der Waals surface area contributed by atoms with Crippen molar-refractivity contribution in [2.24, 2.45) is 10.7 Å². The molecule has 1 unspecified atom stereocenters. The number of guanidine groups is 1. The minimum atomic E-state index is -2.95. The van der Waals surface area contributed by atoms with Gasteiger partial charge in [0.05, 0.1) is 0 Å². The smallest absolute Gasteiger partial charge is 0.387 e. The Morgan fingerprint density at radius 3 is 2.40 bits per heavy atom. The summed E-state index contributed by atoms with van der Waals surface area (Å²) in [4.78, 5) is 18.4. The number of carbonyl (C=O) groups excluding carboxylic acids is 1. The van der Waals surface area contributed by atoms with Crippen LogP contribution in [-0.4, -0.2) is 35.5 Å². The zero-order valence-electron chi connectivity index (χ0n) is 13.2. The van der Waals surface area contributed by atoms with Crippen LogP contribution in [0.2, 0.25) is 0 Å². The van der Waals surface area contributed by atoms with Crippen LogP contribution in [0.4, 0.5) is 8.78 Å².